The van der Waals surface area contributed by atoms with Crippen molar-refractivity contribution in [1.29, 1.82) is 0 Å². The Kier molecular flexibility index (Phi) is 5.08. The minimum atomic E-state index is -4.65. The number of halogens is 4. The van der Waals surface area contributed by atoms with E-state index >= 15 is 0 Å². The summed E-state index contributed by atoms with van der Waals surface area (Å²) in [6.07, 6.45) is -4.65. The molecule has 2 aromatic carbocycles. The maximum absolute atomic E-state index is 13.2. The minimum absolute atomic E-state index is 0.0168. The zero-order valence-electron chi connectivity index (χ0n) is 14.5. The average Bonchev–Trinajstić information content (AvgIpc) is 2.61. The summed E-state index contributed by atoms with van der Waals surface area (Å²) in [5.74, 6) is -1.33. The molecule has 0 aromatic heterocycles. The number of nitrogens with one attached hydrogen (secondary N) is 3. The van der Waals surface area contributed by atoms with Gasteiger partial charge in [0.05, 0.1) is 22.9 Å². The van der Waals surface area contributed by atoms with Crippen LogP contribution in [-0.2, 0) is 11.0 Å². The van der Waals surface area contributed by atoms with E-state index in [4.69, 9.17) is 0 Å². The van der Waals surface area contributed by atoms with Crippen molar-refractivity contribution in [3.8, 4) is 0 Å². The van der Waals surface area contributed by atoms with Crippen molar-refractivity contribution >= 4 is 17.6 Å². The van der Waals surface area contributed by atoms with Crippen molar-refractivity contribution in [2.75, 3.05) is 5.32 Å². The van der Waals surface area contributed by atoms with Gasteiger partial charge in [-0.15, -0.1) is 0 Å². The predicted octanol–water partition coefficient (Wildman–Crippen LogP) is 4.11. The van der Waals surface area contributed by atoms with Gasteiger partial charge in [-0.25, -0.2) is 9.18 Å². The van der Waals surface area contributed by atoms with Gasteiger partial charge >= 0.3 is 12.2 Å². The van der Waals surface area contributed by atoms with Crippen LogP contribution < -0.4 is 16.0 Å². The summed E-state index contributed by atoms with van der Waals surface area (Å²) in [6.45, 7) is 1.46. The molecule has 2 aromatic rings. The molecule has 9 heteroatoms. The number of carbonyl (C=O) groups is 2. The van der Waals surface area contributed by atoms with E-state index in [1.165, 1.54) is 31.2 Å². The Labute approximate surface area is 157 Å². The number of hydrogen-bond acceptors (Lipinski definition) is 2. The van der Waals surface area contributed by atoms with Gasteiger partial charge in [-0.3, -0.25) is 4.79 Å². The molecule has 28 heavy (non-hydrogen) atoms. The van der Waals surface area contributed by atoms with Crippen LogP contribution >= 0.6 is 0 Å². The van der Waals surface area contributed by atoms with Crippen LogP contribution in [-0.4, -0.2) is 11.9 Å². The van der Waals surface area contributed by atoms with Crippen molar-refractivity contribution in [1.82, 2.24) is 10.6 Å². The van der Waals surface area contributed by atoms with Gasteiger partial charge in [-0.1, -0.05) is 24.3 Å². The Hall–Kier alpha value is -3.36. The zero-order chi connectivity index (χ0) is 20.5. The SMILES string of the molecule is CC1=C(C(=O)Nc2ccccc2C(F)(F)F)[C@H](c2ccc(F)cc2)NC(=O)N1. The van der Waals surface area contributed by atoms with Gasteiger partial charge in [0.25, 0.3) is 5.91 Å². The second kappa shape index (κ2) is 7.34. The molecule has 0 aliphatic carbocycles. The third-order valence-corrected chi connectivity index (χ3v) is 4.20. The first-order valence-corrected chi connectivity index (χ1v) is 8.18. The highest BCUT2D eigenvalue weighted by Crippen LogP contribution is 2.35. The summed E-state index contributed by atoms with van der Waals surface area (Å²) >= 11 is 0. The molecule has 146 valence electrons. The molecule has 1 aliphatic rings. The van der Waals surface area contributed by atoms with Crippen LogP contribution in [0.15, 0.2) is 59.8 Å². The van der Waals surface area contributed by atoms with Gasteiger partial charge in [0, 0.05) is 5.70 Å². The number of rotatable bonds is 3. The van der Waals surface area contributed by atoms with Gasteiger partial charge in [0.1, 0.15) is 5.82 Å². The van der Waals surface area contributed by atoms with Crippen molar-refractivity contribution in [3.63, 3.8) is 0 Å². The van der Waals surface area contributed by atoms with E-state index in [-0.39, 0.29) is 11.3 Å². The smallest absolute Gasteiger partial charge is 0.327 e. The van der Waals surface area contributed by atoms with Crippen LogP contribution in [0.3, 0.4) is 0 Å². The van der Waals surface area contributed by atoms with Gasteiger partial charge in [0.2, 0.25) is 0 Å². The molecule has 0 saturated carbocycles. The Balaban J connectivity index is 1.98. The normalized spacial score (nSPS) is 17.0. The van der Waals surface area contributed by atoms with Crippen molar-refractivity contribution < 1.29 is 27.2 Å². The van der Waals surface area contributed by atoms with E-state index in [0.717, 1.165) is 24.3 Å². The standard InChI is InChI=1S/C19H15F4N3O2/c1-10-15(16(26-18(28)24-10)11-6-8-12(20)9-7-11)17(27)25-14-5-3-2-4-13(14)19(21,22)23/h2-9,16H,1H3,(H,25,27)(H2,24,26,28)/t16-/m0/s1. The van der Waals surface area contributed by atoms with Crippen LogP contribution in [0.1, 0.15) is 24.1 Å². The van der Waals surface area contributed by atoms with Crippen LogP contribution in [0, 0.1) is 5.82 Å². The van der Waals surface area contributed by atoms with Crippen LogP contribution in [0.25, 0.3) is 0 Å². The number of benzene rings is 2. The summed E-state index contributed by atoms with van der Waals surface area (Å²) in [5.41, 5.74) is -0.795. The molecule has 0 radical (unpaired) electrons. The lowest BCUT2D eigenvalue weighted by molar-refractivity contribution is -0.137. The van der Waals surface area contributed by atoms with Crippen molar-refractivity contribution in [3.05, 3.63) is 76.7 Å². The Morgan fingerprint density at radius 1 is 1.07 bits per heavy atom. The van der Waals surface area contributed by atoms with E-state index in [2.05, 4.69) is 16.0 Å². The largest absolute Gasteiger partial charge is 0.418 e. The fraction of sp³-hybridized carbons (Fsp3) is 0.158. The number of allylic oxidation sites excluding steroid dienone is 1. The van der Waals surface area contributed by atoms with Crippen molar-refractivity contribution in [2.24, 2.45) is 0 Å². The lowest BCUT2D eigenvalue weighted by Crippen LogP contribution is -2.46. The van der Waals surface area contributed by atoms with Crippen molar-refractivity contribution in [2.45, 2.75) is 19.1 Å². The van der Waals surface area contributed by atoms with E-state index in [9.17, 15) is 27.2 Å². The highest BCUT2D eigenvalue weighted by atomic mass is 19.4. The number of hydrogen-bond donors (Lipinski definition) is 3. The van der Waals surface area contributed by atoms with E-state index < -0.39 is 41.2 Å². The molecular weight excluding hydrogens is 378 g/mol. The molecule has 3 N–H and O–H groups in total. The van der Waals surface area contributed by atoms with E-state index in [1.54, 1.807) is 0 Å². The second-order valence-electron chi connectivity index (χ2n) is 6.12. The van der Waals surface area contributed by atoms with E-state index in [0.29, 0.717) is 5.56 Å². The molecule has 5 nitrogen and oxygen atoms in total. The summed E-state index contributed by atoms with van der Waals surface area (Å²) in [4.78, 5) is 24.6. The first-order chi connectivity index (χ1) is 13.2. The summed E-state index contributed by atoms with van der Waals surface area (Å²) in [7, 11) is 0. The second-order valence-corrected chi connectivity index (χ2v) is 6.12. The number of anilines is 1. The third kappa shape index (κ3) is 3.98. The first-order valence-electron chi connectivity index (χ1n) is 8.18. The first kappa shape index (κ1) is 19.4. The molecule has 1 aliphatic heterocycles. The fourth-order valence-corrected chi connectivity index (χ4v) is 2.93. The van der Waals surface area contributed by atoms with Crippen LogP contribution in [0.2, 0.25) is 0 Å². The van der Waals surface area contributed by atoms with Crippen LogP contribution in [0.5, 0.6) is 0 Å². The molecule has 0 unspecified atom stereocenters. The Morgan fingerprint density at radius 3 is 2.36 bits per heavy atom. The molecular formula is C19H15F4N3O2. The van der Waals surface area contributed by atoms with Gasteiger partial charge in [-0.05, 0) is 36.8 Å². The highest BCUT2D eigenvalue weighted by molar-refractivity contribution is 6.07. The fourth-order valence-electron chi connectivity index (χ4n) is 2.93. The minimum Gasteiger partial charge on any atom is -0.327 e. The average molecular weight is 393 g/mol. The molecule has 0 bridgehead atoms. The Bertz CT molecular complexity index is 952. The van der Waals surface area contributed by atoms with E-state index in [1.807, 2.05) is 0 Å². The van der Waals surface area contributed by atoms with Gasteiger partial charge < -0.3 is 16.0 Å². The zero-order valence-corrected chi connectivity index (χ0v) is 14.5. The molecule has 0 fully saturated rings. The van der Waals surface area contributed by atoms with Gasteiger partial charge in [0.15, 0.2) is 0 Å². The molecule has 0 spiro atoms. The number of para-hydroxylation sites is 1. The Morgan fingerprint density at radius 2 is 1.71 bits per heavy atom. The molecule has 3 rings (SSSR count). The summed E-state index contributed by atoms with van der Waals surface area (Å²) in [5, 5.41) is 7.22. The number of alkyl halides is 3. The van der Waals surface area contributed by atoms with Gasteiger partial charge in [-0.2, -0.15) is 13.2 Å². The predicted molar refractivity (Wildman–Crippen MR) is 93.6 cm³/mol. The highest BCUT2D eigenvalue weighted by Gasteiger charge is 2.35. The summed E-state index contributed by atoms with van der Waals surface area (Å²) in [6, 6.07) is 8.13. The lowest BCUT2D eigenvalue weighted by atomic mass is 9.94. The molecule has 1 heterocycles. The molecule has 3 amide bonds. The van der Waals surface area contributed by atoms with Crippen LogP contribution in [0.4, 0.5) is 28.0 Å². The number of carbonyl (C=O) groups excluding carboxylic acids is 2. The number of urea groups is 1. The maximum Gasteiger partial charge on any atom is 0.418 e. The molecule has 1 atom stereocenters. The maximum atomic E-state index is 13.2. The molecule has 0 saturated heterocycles. The third-order valence-electron chi connectivity index (χ3n) is 4.20. The summed E-state index contributed by atoms with van der Waals surface area (Å²) < 4.78 is 52.7. The number of amides is 3. The monoisotopic (exact) mass is 393 g/mol. The quantitative estimate of drug-likeness (QED) is 0.687. The lowest BCUT2D eigenvalue weighted by Gasteiger charge is -2.29. The topological polar surface area (TPSA) is 70.2 Å².